The van der Waals surface area contributed by atoms with Gasteiger partial charge in [-0.15, -0.1) is 0 Å². The topological polar surface area (TPSA) is 79.6 Å². The molecule has 150 valence electrons. The van der Waals surface area contributed by atoms with Gasteiger partial charge in [-0.25, -0.2) is 13.1 Å². The van der Waals surface area contributed by atoms with Gasteiger partial charge in [-0.05, 0) is 54.7 Å². The second-order valence-corrected chi connectivity index (χ2v) is 9.09. The van der Waals surface area contributed by atoms with Crippen LogP contribution in [0.1, 0.15) is 24.2 Å². The fraction of sp³-hybridized carbons (Fsp3) is 0.350. The van der Waals surface area contributed by atoms with Gasteiger partial charge < -0.3 is 9.32 Å². The Bertz CT molecular complexity index is 900. The van der Waals surface area contributed by atoms with E-state index in [0.29, 0.717) is 36.0 Å². The first-order chi connectivity index (χ1) is 13.4. The van der Waals surface area contributed by atoms with E-state index in [4.69, 9.17) is 16.0 Å². The van der Waals surface area contributed by atoms with Crippen LogP contribution in [0.5, 0.6) is 0 Å². The molecule has 1 saturated heterocycles. The molecule has 1 aliphatic heterocycles. The molecule has 8 heteroatoms. The number of nitrogens with one attached hydrogen (secondary N) is 1. The summed E-state index contributed by atoms with van der Waals surface area (Å²) >= 11 is 5.82. The van der Waals surface area contributed by atoms with Gasteiger partial charge in [0, 0.05) is 30.7 Å². The van der Waals surface area contributed by atoms with E-state index < -0.39 is 10.0 Å². The quantitative estimate of drug-likeness (QED) is 0.694. The summed E-state index contributed by atoms with van der Waals surface area (Å²) in [6, 6.07) is 10.3. The minimum atomic E-state index is -3.41. The molecule has 0 spiro atoms. The lowest BCUT2D eigenvalue weighted by Gasteiger charge is -2.31. The Balaban J connectivity index is 1.42. The maximum Gasteiger partial charge on any atom is 0.246 e. The van der Waals surface area contributed by atoms with Crippen LogP contribution in [-0.4, -0.2) is 38.9 Å². The highest BCUT2D eigenvalue weighted by molar-refractivity contribution is 7.88. The Morgan fingerprint density at radius 2 is 1.93 bits per heavy atom. The number of carbonyl (C=O) groups is 1. The maximum absolute atomic E-state index is 12.3. The van der Waals surface area contributed by atoms with Gasteiger partial charge in [0.25, 0.3) is 0 Å². The monoisotopic (exact) mass is 422 g/mol. The first kappa shape index (κ1) is 20.6. The van der Waals surface area contributed by atoms with E-state index in [1.165, 1.54) is 6.08 Å². The number of hydrogen-bond acceptors (Lipinski definition) is 4. The van der Waals surface area contributed by atoms with Crippen LogP contribution in [0.25, 0.3) is 6.08 Å². The van der Waals surface area contributed by atoms with Crippen molar-refractivity contribution in [2.75, 3.05) is 19.6 Å². The summed E-state index contributed by atoms with van der Waals surface area (Å²) in [5.74, 6) is 0.730. The van der Waals surface area contributed by atoms with Gasteiger partial charge in [-0.1, -0.05) is 23.7 Å². The van der Waals surface area contributed by atoms with Crippen molar-refractivity contribution < 1.29 is 17.6 Å². The molecule has 3 rings (SSSR count). The summed E-state index contributed by atoms with van der Waals surface area (Å²) in [7, 11) is -3.41. The first-order valence-corrected chi connectivity index (χ1v) is 11.2. The van der Waals surface area contributed by atoms with E-state index in [1.54, 1.807) is 53.6 Å². The van der Waals surface area contributed by atoms with Gasteiger partial charge in [0.2, 0.25) is 15.9 Å². The van der Waals surface area contributed by atoms with Gasteiger partial charge in [-0.3, -0.25) is 4.79 Å². The van der Waals surface area contributed by atoms with Crippen molar-refractivity contribution in [3.63, 3.8) is 0 Å². The third kappa shape index (κ3) is 6.22. The molecule has 0 bridgehead atoms. The van der Waals surface area contributed by atoms with Crippen LogP contribution in [0, 0.1) is 5.92 Å². The van der Waals surface area contributed by atoms with Crippen molar-refractivity contribution in [1.82, 2.24) is 9.62 Å². The summed E-state index contributed by atoms with van der Waals surface area (Å²) in [6.45, 7) is 1.62. The van der Waals surface area contributed by atoms with Crippen molar-refractivity contribution in [3.8, 4) is 0 Å². The molecule has 2 aromatic rings. The molecule has 1 aromatic carbocycles. The van der Waals surface area contributed by atoms with E-state index in [9.17, 15) is 13.2 Å². The smallest absolute Gasteiger partial charge is 0.246 e. The largest absolute Gasteiger partial charge is 0.465 e. The van der Waals surface area contributed by atoms with Gasteiger partial charge in [0.15, 0.2) is 0 Å². The van der Waals surface area contributed by atoms with Crippen molar-refractivity contribution in [1.29, 1.82) is 0 Å². The zero-order valence-electron chi connectivity index (χ0n) is 15.4. The van der Waals surface area contributed by atoms with Crippen LogP contribution in [0.2, 0.25) is 5.02 Å². The van der Waals surface area contributed by atoms with E-state index in [1.807, 2.05) is 0 Å². The normalized spacial score (nSPS) is 16.0. The highest BCUT2D eigenvalue weighted by Crippen LogP contribution is 2.18. The molecule has 0 atom stereocenters. The van der Waals surface area contributed by atoms with Crippen molar-refractivity contribution in [2.45, 2.75) is 18.6 Å². The standard InChI is InChI=1S/C20H23ClN2O4S/c21-18-5-3-17(4-6-18)15-28(25,26)22-14-16-9-11-23(12-10-16)20(24)8-7-19-2-1-13-27-19/h1-8,13,16,22H,9-12,14-15H2/b8-7+. The zero-order chi connectivity index (χ0) is 20.0. The van der Waals surface area contributed by atoms with E-state index in [-0.39, 0.29) is 17.6 Å². The van der Waals surface area contributed by atoms with Gasteiger partial charge in [0.1, 0.15) is 5.76 Å². The molecule has 0 saturated carbocycles. The summed E-state index contributed by atoms with van der Waals surface area (Å²) in [5.41, 5.74) is 0.695. The lowest BCUT2D eigenvalue weighted by Crippen LogP contribution is -2.41. The molecule has 0 radical (unpaired) electrons. The second-order valence-electron chi connectivity index (χ2n) is 6.85. The molecular formula is C20H23ClN2O4S. The van der Waals surface area contributed by atoms with Crippen LogP contribution in [0.15, 0.2) is 53.2 Å². The number of benzene rings is 1. The molecule has 1 fully saturated rings. The van der Waals surface area contributed by atoms with Crippen molar-refractivity contribution in [2.24, 2.45) is 5.92 Å². The third-order valence-corrected chi connectivity index (χ3v) is 6.29. The molecule has 1 aromatic heterocycles. The predicted molar refractivity (Wildman–Crippen MR) is 109 cm³/mol. The molecule has 1 N–H and O–H groups in total. The minimum absolute atomic E-state index is 0.0573. The van der Waals surface area contributed by atoms with Crippen LogP contribution < -0.4 is 4.72 Å². The molecular weight excluding hydrogens is 400 g/mol. The molecule has 28 heavy (non-hydrogen) atoms. The zero-order valence-corrected chi connectivity index (χ0v) is 17.0. The van der Waals surface area contributed by atoms with Gasteiger partial charge in [0.05, 0.1) is 12.0 Å². The number of sulfonamides is 1. The van der Waals surface area contributed by atoms with Crippen molar-refractivity contribution in [3.05, 3.63) is 65.1 Å². The van der Waals surface area contributed by atoms with E-state index >= 15 is 0 Å². The molecule has 1 amide bonds. The average molecular weight is 423 g/mol. The Kier molecular flexibility index (Phi) is 6.93. The Morgan fingerprint density at radius 1 is 1.21 bits per heavy atom. The fourth-order valence-electron chi connectivity index (χ4n) is 3.10. The number of halogens is 1. The summed E-state index contributed by atoms with van der Waals surface area (Å²) in [6.07, 6.45) is 6.25. The van der Waals surface area contributed by atoms with E-state index in [0.717, 1.165) is 12.8 Å². The number of nitrogens with zero attached hydrogens (tertiary/aromatic N) is 1. The molecule has 1 aliphatic rings. The second kappa shape index (κ2) is 9.41. The Labute approximate surface area is 170 Å². The molecule has 6 nitrogen and oxygen atoms in total. The van der Waals surface area contributed by atoms with Gasteiger partial charge in [-0.2, -0.15) is 0 Å². The Hall–Kier alpha value is -2.09. The highest BCUT2D eigenvalue weighted by Gasteiger charge is 2.23. The van der Waals surface area contributed by atoms with Gasteiger partial charge >= 0.3 is 0 Å². The Morgan fingerprint density at radius 3 is 2.57 bits per heavy atom. The molecule has 0 aliphatic carbocycles. The fourth-order valence-corrected chi connectivity index (χ4v) is 4.45. The summed E-state index contributed by atoms with van der Waals surface area (Å²) in [5, 5.41) is 0.578. The highest BCUT2D eigenvalue weighted by atomic mass is 35.5. The lowest BCUT2D eigenvalue weighted by molar-refractivity contribution is -0.127. The number of piperidine rings is 1. The SMILES string of the molecule is O=C(/C=C/c1ccco1)N1CCC(CNS(=O)(=O)Cc2ccc(Cl)cc2)CC1. The number of furan rings is 1. The molecule has 2 heterocycles. The lowest BCUT2D eigenvalue weighted by atomic mass is 9.97. The van der Waals surface area contributed by atoms with Crippen molar-refractivity contribution >= 4 is 33.6 Å². The van der Waals surface area contributed by atoms with Crippen LogP contribution in [0.3, 0.4) is 0 Å². The van der Waals surface area contributed by atoms with Crippen LogP contribution in [-0.2, 0) is 20.6 Å². The summed E-state index contributed by atoms with van der Waals surface area (Å²) < 4.78 is 32.4. The minimum Gasteiger partial charge on any atom is -0.465 e. The van der Waals surface area contributed by atoms with Crippen LogP contribution >= 0.6 is 11.6 Å². The average Bonchev–Trinajstić information content (AvgIpc) is 3.20. The number of amides is 1. The summed E-state index contributed by atoms with van der Waals surface area (Å²) in [4.78, 5) is 14.0. The number of carbonyl (C=O) groups excluding carboxylic acids is 1. The van der Waals surface area contributed by atoms with Crippen LogP contribution in [0.4, 0.5) is 0 Å². The molecule has 0 unspecified atom stereocenters. The number of hydrogen-bond donors (Lipinski definition) is 1. The third-order valence-electron chi connectivity index (χ3n) is 4.72. The predicted octanol–water partition coefficient (Wildman–Crippen LogP) is 3.30. The number of likely N-dealkylation sites (tertiary alicyclic amines) is 1. The first-order valence-electron chi connectivity index (χ1n) is 9.13. The van der Waals surface area contributed by atoms with E-state index in [2.05, 4.69) is 4.72 Å². The number of rotatable bonds is 7. The maximum atomic E-state index is 12.3.